The zero-order valence-electron chi connectivity index (χ0n) is 7.90. The maximum Gasteiger partial charge on any atom is 0.544 e. The molecule has 0 aliphatic carbocycles. The molecule has 13 heavy (non-hydrogen) atoms. The Hall–Kier alpha value is -0.850. The summed E-state index contributed by atoms with van der Waals surface area (Å²) in [5.41, 5.74) is 0. The van der Waals surface area contributed by atoms with E-state index in [-0.39, 0.29) is 0 Å². The number of hydrogen-bond acceptors (Lipinski definition) is 6. The molecule has 0 amide bonds. The minimum absolute atomic E-state index is 0.342. The molecule has 0 fully saturated rings. The van der Waals surface area contributed by atoms with Crippen molar-refractivity contribution in [2.75, 3.05) is 14.2 Å². The van der Waals surface area contributed by atoms with Crippen LogP contribution in [0.5, 0.6) is 0 Å². The lowest BCUT2D eigenvalue weighted by atomic mass is 10.3. The minimum Gasteiger partial charge on any atom is -0.374 e. The molecular formula is C7H14O6. The molecule has 0 rings (SSSR count). The van der Waals surface area contributed by atoms with Crippen LogP contribution >= 0.6 is 0 Å². The van der Waals surface area contributed by atoms with Gasteiger partial charge in [-0.15, -0.1) is 0 Å². The maximum atomic E-state index is 10.6. The van der Waals surface area contributed by atoms with Gasteiger partial charge in [0, 0.05) is 20.6 Å². The molecule has 0 radical (unpaired) electrons. The van der Waals surface area contributed by atoms with E-state index in [2.05, 4.69) is 9.62 Å². The van der Waals surface area contributed by atoms with E-state index in [1.165, 1.54) is 14.2 Å². The normalized spacial score (nSPS) is 11.1. The van der Waals surface area contributed by atoms with E-state index < -0.39 is 12.1 Å². The lowest BCUT2D eigenvalue weighted by Gasteiger charge is -2.27. The van der Waals surface area contributed by atoms with Gasteiger partial charge in [-0.05, 0) is 6.42 Å². The Morgan fingerprint density at radius 3 is 2.23 bits per heavy atom. The van der Waals surface area contributed by atoms with Crippen molar-refractivity contribution in [2.45, 2.75) is 25.7 Å². The first-order valence-corrected chi connectivity index (χ1v) is 3.78. The van der Waals surface area contributed by atoms with Gasteiger partial charge in [0.25, 0.3) is 0 Å². The van der Waals surface area contributed by atoms with Crippen LogP contribution in [-0.4, -0.2) is 31.6 Å². The second-order valence-corrected chi connectivity index (χ2v) is 2.28. The van der Waals surface area contributed by atoms with E-state index in [4.69, 9.17) is 14.7 Å². The van der Waals surface area contributed by atoms with Crippen molar-refractivity contribution in [3.8, 4) is 0 Å². The van der Waals surface area contributed by atoms with Crippen molar-refractivity contribution in [1.29, 1.82) is 0 Å². The summed E-state index contributed by atoms with van der Waals surface area (Å²) in [6.07, 6.45) is -0.243. The van der Waals surface area contributed by atoms with Gasteiger partial charge in [-0.2, -0.15) is 5.26 Å². The van der Waals surface area contributed by atoms with Gasteiger partial charge in [0.15, 0.2) is 0 Å². The highest BCUT2D eigenvalue weighted by molar-refractivity contribution is 5.59. The molecule has 0 unspecified atom stereocenters. The molecule has 6 nitrogen and oxygen atoms in total. The van der Waals surface area contributed by atoms with Crippen molar-refractivity contribution < 1.29 is 29.1 Å². The summed E-state index contributed by atoms with van der Waals surface area (Å²) in [7, 11) is 2.65. The van der Waals surface area contributed by atoms with Crippen molar-refractivity contribution in [3.05, 3.63) is 0 Å². The van der Waals surface area contributed by atoms with Crippen LogP contribution in [0.25, 0.3) is 0 Å². The van der Waals surface area contributed by atoms with Crippen molar-refractivity contribution in [2.24, 2.45) is 0 Å². The predicted octanol–water partition coefficient (Wildman–Crippen LogP) is 1.36. The molecule has 0 heterocycles. The first-order valence-electron chi connectivity index (χ1n) is 3.78. The Bertz CT molecular complexity index is 153. The molecule has 0 bridgehead atoms. The fourth-order valence-electron chi connectivity index (χ4n) is 0.874. The van der Waals surface area contributed by atoms with Crippen LogP contribution < -0.4 is 0 Å². The second-order valence-electron chi connectivity index (χ2n) is 2.28. The van der Waals surface area contributed by atoms with Crippen molar-refractivity contribution in [1.82, 2.24) is 0 Å². The summed E-state index contributed by atoms with van der Waals surface area (Å²) in [5.74, 6) is -1.48. The van der Waals surface area contributed by atoms with E-state index in [1.54, 1.807) is 0 Å². The van der Waals surface area contributed by atoms with Gasteiger partial charge >= 0.3 is 12.1 Å². The first kappa shape index (κ1) is 12.2. The van der Waals surface area contributed by atoms with Gasteiger partial charge in [-0.25, -0.2) is 4.79 Å². The first-order chi connectivity index (χ1) is 6.14. The summed E-state index contributed by atoms with van der Waals surface area (Å²) in [6, 6.07) is 0. The number of hydrogen-bond donors (Lipinski definition) is 1. The zero-order chi connectivity index (χ0) is 10.3. The Balaban J connectivity index is 4.28. The molecule has 0 aliphatic rings. The van der Waals surface area contributed by atoms with E-state index in [0.717, 1.165) is 0 Å². The molecular weight excluding hydrogens is 180 g/mol. The average molecular weight is 194 g/mol. The number of carbonyl (C=O) groups excluding carboxylic acids is 1. The van der Waals surface area contributed by atoms with Crippen molar-refractivity contribution in [3.63, 3.8) is 0 Å². The third-order valence-corrected chi connectivity index (χ3v) is 1.49. The van der Waals surface area contributed by atoms with Gasteiger partial charge in [-0.3, -0.25) is 4.89 Å². The molecule has 0 aromatic rings. The monoisotopic (exact) mass is 194 g/mol. The highest BCUT2D eigenvalue weighted by Gasteiger charge is 2.34. The fraction of sp³-hybridized carbons (Fsp3) is 0.857. The van der Waals surface area contributed by atoms with Crippen LogP contribution in [0.3, 0.4) is 0 Å². The maximum absolute atomic E-state index is 10.6. The van der Waals surface area contributed by atoms with Crippen LogP contribution in [0.4, 0.5) is 4.79 Å². The molecule has 1 N–H and O–H groups in total. The lowest BCUT2D eigenvalue weighted by molar-refractivity contribution is -0.356. The predicted molar refractivity (Wildman–Crippen MR) is 41.9 cm³/mol. The molecule has 0 saturated carbocycles. The van der Waals surface area contributed by atoms with Crippen LogP contribution in [0, 0.1) is 0 Å². The van der Waals surface area contributed by atoms with Crippen LogP contribution in [0.1, 0.15) is 19.8 Å². The lowest BCUT2D eigenvalue weighted by Crippen LogP contribution is -2.39. The third-order valence-electron chi connectivity index (χ3n) is 1.49. The zero-order valence-corrected chi connectivity index (χ0v) is 7.90. The van der Waals surface area contributed by atoms with Gasteiger partial charge in [0.05, 0.1) is 0 Å². The molecule has 0 aromatic carbocycles. The molecule has 0 atom stereocenters. The average Bonchev–Trinajstić information content (AvgIpc) is 2.17. The smallest absolute Gasteiger partial charge is 0.374 e. The van der Waals surface area contributed by atoms with Crippen LogP contribution in [0.2, 0.25) is 0 Å². The third kappa shape index (κ3) is 3.58. The highest BCUT2D eigenvalue weighted by Crippen LogP contribution is 2.20. The Kier molecular flexibility index (Phi) is 5.36. The summed E-state index contributed by atoms with van der Waals surface area (Å²) in [5, 5.41) is 7.97. The second kappa shape index (κ2) is 5.74. The standard InChI is InChI=1S/C7H14O6/c1-4-5-7(10-2,11-3)12-6(8)13-9/h9H,4-5H2,1-3H3. The van der Waals surface area contributed by atoms with E-state index in [1.807, 2.05) is 6.92 Å². The highest BCUT2D eigenvalue weighted by atomic mass is 17.2. The van der Waals surface area contributed by atoms with Crippen LogP contribution in [0.15, 0.2) is 0 Å². The van der Waals surface area contributed by atoms with Gasteiger partial charge in [-0.1, -0.05) is 6.92 Å². The fourth-order valence-corrected chi connectivity index (χ4v) is 0.874. The van der Waals surface area contributed by atoms with E-state index in [9.17, 15) is 4.79 Å². The Morgan fingerprint density at radius 2 is 1.92 bits per heavy atom. The van der Waals surface area contributed by atoms with Crippen LogP contribution in [-0.2, 0) is 19.1 Å². The number of carbonyl (C=O) groups is 1. The Morgan fingerprint density at radius 1 is 1.38 bits per heavy atom. The quantitative estimate of drug-likeness (QED) is 0.308. The Labute approximate surface area is 76.3 Å². The van der Waals surface area contributed by atoms with Gasteiger partial charge in [0.1, 0.15) is 0 Å². The number of methoxy groups -OCH3 is 2. The number of ether oxygens (including phenoxy) is 3. The molecule has 0 aromatic heterocycles. The summed E-state index contributed by atoms with van der Waals surface area (Å²) in [6.45, 7) is 1.86. The summed E-state index contributed by atoms with van der Waals surface area (Å²) < 4.78 is 14.3. The van der Waals surface area contributed by atoms with E-state index in [0.29, 0.717) is 12.8 Å². The molecule has 0 saturated heterocycles. The summed E-state index contributed by atoms with van der Waals surface area (Å²) in [4.78, 5) is 13.9. The minimum atomic E-state index is -1.48. The number of rotatable bonds is 5. The van der Waals surface area contributed by atoms with Crippen molar-refractivity contribution >= 4 is 6.16 Å². The summed E-state index contributed by atoms with van der Waals surface area (Å²) >= 11 is 0. The molecule has 78 valence electrons. The largest absolute Gasteiger partial charge is 0.544 e. The molecule has 0 spiro atoms. The van der Waals surface area contributed by atoms with Gasteiger partial charge in [0.2, 0.25) is 0 Å². The molecule has 0 aliphatic heterocycles. The topological polar surface area (TPSA) is 74.2 Å². The van der Waals surface area contributed by atoms with Gasteiger partial charge < -0.3 is 14.2 Å². The van der Waals surface area contributed by atoms with E-state index >= 15 is 0 Å². The molecule has 6 heteroatoms. The SMILES string of the molecule is CCCC(OC)(OC)OC(=O)OO.